The minimum atomic E-state index is 0.143. The third-order valence-electron chi connectivity index (χ3n) is 4.33. The average molecular weight is 316 g/mol. The summed E-state index contributed by atoms with van der Waals surface area (Å²) in [5.41, 5.74) is 0.958. The van der Waals surface area contributed by atoms with E-state index in [4.69, 9.17) is 4.74 Å². The van der Waals surface area contributed by atoms with Crippen molar-refractivity contribution in [3.8, 4) is 5.75 Å². The van der Waals surface area contributed by atoms with Crippen LogP contribution in [0.25, 0.3) is 0 Å². The van der Waals surface area contributed by atoms with Gasteiger partial charge in [0.2, 0.25) is 0 Å². The van der Waals surface area contributed by atoms with Crippen molar-refractivity contribution in [3.63, 3.8) is 0 Å². The standard InChI is InChI=1S/C17H24N4O2/c1-3-14(13-6-4-5-7-15(13)22)18-12-8-9-17-19-16(11-23-2)20-21(17)10-12/h4-7,12,14,18,22H,3,8-11H2,1-2H3/t12-,14-/m0/s1. The molecule has 6 nitrogen and oxygen atoms in total. The van der Waals surface area contributed by atoms with E-state index in [1.54, 1.807) is 13.2 Å². The quantitative estimate of drug-likeness (QED) is 0.855. The Balaban J connectivity index is 1.69. The number of phenolic OH excluding ortho intramolecular Hbond substituents is 1. The molecule has 0 unspecified atom stereocenters. The second kappa shape index (κ2) is 7.10. The van der Waals surface area contributed by atoms with E-state index in [0.29, 0.717) is 18.4 Å². The van der Waals surface area contributed by atoms with Crippen LogP contribution < -0.4 is 5.32 Å². The van der Waals surface area contributed by atoms with Crippen LogP contribution in [-0.2, 0) is 24.3 Å². The highest BCUT2D eigenvalue weighted by Gasteiger charge is 2.24. The largest absolute Gasteiger partial charge is 0.508 e. The van der Waals surface area contributed by atoms with Gasteiger partial charge in [-0.15, -0.1) is 0 Å². The summed E-state index contributed by atoms with van der Waals surface area (Å²) < 4.78 is 7.08. The predicted molar refractivity (Wildman–Crippen MR) is 87.1 cm³/mol. The number of fused-ring (bicyclic) bond motifs is 1. The smallest absolute Gasteiger partial charge is 0.176 e. The Hall–Kier alpha value is -1.92. The van der Waals surface area contributed by atoms with Crippen LogP contribution >= 0.6 is 0 Å². The second-order valence-electron chi connectivity index (χ2n) is 5.98. The second-order valence-corrected chi connectivity index (χ2v) is 5.98. The number of para-hydroxylation sites is 1. The summed E-state index contributed by atoms with van der Waals surface area (Å²) in [7, 11) is 1.66. The zero-order chi connectivity index (χ0) is 16.2. The first-order valence-electron chi connectivity index (χ1n) is 8.16. The van der Waals surface area contributed by atoms with Crippen LogP contribution in [0.4, 0.5) is 0 Å². The molecule has 1 aromatic carbocycles. The van der Waals surface area contributed by atoms with Crippen LogP contribution in [0, 0.1) is 0 Å². The molecule has 1 aliphatic heterocycles. The maximum atomic E-state index is 10.1. The highest BCUT2D eigenvalue weighted by Crippen LogP contribution is 2.27. The third-order valence-corrected chi connectivity index (χ3v) is 4.33. The molecule has 6 heteroatoms. The van der Waals surface area contributed by atoms with Gasteiger partial charge in [-0.05, 0) is 18.9 Å². The Morgan fingerprint density at radius 3 is 3.00 bits per heavy atom. The number of aryl methyl sites for hydroxylation is 1. The predicted octanol–water partition coefficient (Wildman–Crippen LogP) is 2.19. The number of nitrogens with zero attached hydrogens (tertiary/aromatic N) is 3. The van der Waals surface area contributed by atoms with Gasteiger partial charge in [-0.1, -0.05) is 25.1 Å². The molecule has 0 saturated heterocycles. The topological polar surface area (TPSA) is 72.2 Å². The summed E-state index contributed by atoms with van der Waals surface area (Å²) in [6, 6.07) is 8.01. The molecule has 2 heterocycles. The monoisotopic (exact) mass is 316 g/mol. The van der Waals surface area contributed by atoms with Crippen molar-refractivity contribution in [2.24, 2.45) is 0 Å². The van der Waals surface area contributed by atoms with Gasteiger partial charge in [0.25, 0.3) is 0 Å². The fraction of sp³-hybridized carbons (Fsp3) is 0.529. The normalized spacial score (nSPS) is 18.6. The van der Waals surface area contributed by atoms with Crippen LogP contribution in [0.3, 0.4) is 0 Å². The maximum Gasteiger partial charge on any atom is 0.176 e. The van der Waals surface area contributed by atoms with Gasteiger partial charge in [-0.2, -0.15) is 5.10 Å². The van der Waals surface area contributed by atoms with Crippen molar-refractivity contribution in [3.05, 3.63) is 41.5 Å². The molecule has 0 aliphatic carbocycles. The van der Waals surface area contributed by atoms with Crippen molar-refractivity contribution in [1.29, 1.82) is 0 Å². The molecular weight excluding hydrogens is 292 g/mol. The van der Waals surface area contributed by atoms with Gasteiger partial charge in [0.1, 0.15) is 18.2 Å². The number of nitrogens with one attached hydrogen (secondary N) is 1. The lowest BCUT2D eigenvalue weighted by molar-refractivity contribution is 0.177. The summed E-state index contributed by atoms with van der Waals surface area (Å²) in [5.74, 6) is 2.13. The van der Waals surface area contributed by atoms with Gasteiger partial charge in [0.05, 0.1) is 6.54 Å². The Labute approximate surface area is 136 Å². The summed E-state index contributed by atoms with van der Waals surface area (Å²) in [5, 5.41) is 18.3. The molecule has 0 spiro atoms. The van der Waals surface area contributed by atoms with Crippen LogP contribution in [-0.4, -0.2) is 33.0 Å². The first-order valence-corrected chi connectivity index (χ1v) is 8.16. The van der Waals surface area contributed by atoms with Crippen LogP contribution in [0.15, 0.2) is 24.3 Å². The van der Waals surface area contributed by atoms with Gasteiger partial charge >= 0.3 is 0 Å². The Bertz CT molecular complexity index is 656. The lowest BCUT2D eigenvalue weighted by Crippen LogP contribution is -2.39. The van der Waals surface area contributed by atoms with Gasteiger partial charge in [0.15, 0.2) is 5.82 Å². The molecular formula is C17H24N4O2. The molecule has 1 aromatic heterocycles. The maximum absolute atomic E-state index is 10.1. The van der Waals surface area contributed by atoms with E-state index in [2.05, 4.69) is 22.3 Å². The molecule has 2 N–H and O–H groups in total. The van der Waals surface area contributed by atoms with E-state index in [9.17, 15) is 5.11 Å². The lowest BCUT2D eigenvalue weighted by atomic mass is 10.00. The van der Waals surface area contributed by atoms with E-state index in [0.717, 1.165) is 43.0 Å². The van der Waals surface area contributed by atoms with Crippen molar-refractivity contribution >= 4 is 0 Å². The minimum absolute atomic E-state index is 0.143. The number of ether oxygens (including phenoxy) is 1. The molecule has 3 rings (SSSR count). The average Bonchev–Trinajstić information content (AvgIpc) is 2.95. The number of rotatable bonds is 6. The molecule has 1 aliphatic rings. The SMILES string of the molecule is CC[C@H](N[C@H]1CCc2nc(COC)nn2C1)c1ccccc1O. The number of hydrogen-bond donors (Lipinski definition) is 2. The van der Waals surface area contributed by atoms with Gasteiger partial charge < -0.3 is 15.2 Å². The first-order chi connectivity index (χ1) is 11.2. The van der Waals surface area contributed by atoms with E-state index in [1.807, 2.05) is 22.9 Å². The van der Waals surface area contributed by atoms with Crippen LogP contribution in [0.2, 0.25) is 0 Å². The van der Waals surface area contributed by atoms with Gasteiger partial charge in [0, 0.05) is 31.2 Å². The van der Waals surface area contributed by atoms with Crippen molar-refractivity contribution < 1.29 is 9.84 Å². The first kappa shape index (κ1) is 16.0. The van der Waals surface area contributed by atoms with Crippen molar-refractivity contribution in [2.75, 3.05) is 7.11 Å². The molecule has 0 fully saturated rings. The molecule has 0 saturated carbocycles. The fourth-order valence-corrected chi connectivity index (χ4v) is 3.18. The lowest BCUT2D eigenvalue weighted by Gasteiger charge is -2.28. The number of hydrogen-bond acceptors (Lipinski definition) is 5. The van der Waals surface area contributed by atoms with Gasteiger partial charge in [-0.3, -0.25) is 0 Å². The van der Waals surface area contributed by atoms with E-state index >= 15 is 0 Å². The number of phenols is 1. The van der Waals surface area contributed by atoms with E-state index < -0.39 is 0 Å². The van der Waals surface area contributed by atoms with E-state index in [1.165, 1.54) is 0 Å². The number of benzene rings is 1. The van der Waals surface area contributed by atoms with Gasteiger partial charge in [-0.25, -0.2) is 9.67 Å². The summed E-state index contributed by atoms with van der Waals surface area (Å²) in [6.45, 7) is 3.38. The van der Waals surface area contributed by atoms with Crippen LogP contribution in [0.5, 0.6) is 5.75 Å². The molecule has 2 aromatic rings. The van der Waals surface area contributed by atoms with E-state index in [-0.39, 0.29) is 6.04 Å². The number of aromatic hydroxyl groups is 1. The molecule has 23 heavy (non-hydrogen) atoms. The highest BCUT2D eigenvalue weighted by atomic mass is 16.5. The third kappa shape index (κ3) is 3.54. The van der Waals surface area contributed by atoms with Crippen LogP contribution in [0.1, 0.15) is 43.0 Å². The van der Waals surface area contributed by atoms with Crippen molar-refractivity contribution in [2.45, 2.75) is 51.4 Å². The molecule has 0 radical (unpaired) electrons. The molecule has 0 amide bonds. The molecule has 124 valence electrons. The summed E-state index contributed by atoms with van der Waals surface area (Å²) in [6.07, 6.45) is 2.86. The fourth-order valence-electron chi connectivity index (χ4n) is 3.18. The zero-order valence-corrected chi connectivity index (χ0v) is 13.7. The van der Waals surface area contributed by atoms with Crippen molar-refractivity contribution in [1.82, 2.24) is 20.1 Å². The zero-order valence-electron chi connectivity index (χ0n) is 13.7. The Kier molecular flexibility index (Phi) is 4.93. The molecule has 0 bridgehead atoms. The summed E-state index contributed by atoms with van der Waals surface area (Å²) >= 11 is 0. The number of methoxy groups -OCH3 is 1. The number of aromatic nitrogens is 3. The highest BCUT2D eigenvalue weighted by molar-refractivity contribution is 5.34. The molecule has 2 atom stereocenters. The summed E-state index contributed by atoms with van der Waals surface area (Å²) in [4.78, 5) is 4.51. The minimum Gasteiger partial charge on any atom is -0.508 e. The Morgan fingerprint density at radius 2 is 2.26 bits per heavy atom. The Morgan fingerprint density at radius 1 is 1.43 bits per heavy atom.